The molecule has 0 bridgehead atoms. The molecule has 1 N–H and O–H groups in total. The number of benzene rings is 1. The third kappa shape index (κ3) is 3.04. The first-order valence-corrected chi connectivity index (χ1v) is 5.59. The van der Waals surface area contributed by atoms with Crippen LogP contribution in [-0.2, 0) is 4.74 Å². The van der Waals surface area contributed by atoms with Gasteiger partial charge >= 0.3 is 6.09 Å². The number of amides is 1. The largest absolute Gasteiger partial charge is 0.450 e. The van der Waals surface area contributed by atoms with Gasteiger partial charge in [-0.05, 0) is 24.6 Å². The van der Waals surface area contributed by atoms with E-state index < -0.39 is 6.09 Å². The smallest absolute Gasteiger partial charge is 0.411 e. The summed E-state index contributed by atoms with van der Waals surface area (Å²) in [5.41, 5.74) is 2.50. The van der Waals surface area contributed by atoms with Crippen LogP contribution in [0.1, 0.15) is 6.92 Å². The van der Waals surface area contributed by atoms with E-state index in [1.807, 2.05) is 18.2 Å². The topological polar surface area (TPSA) is 64.1 Å². The van der Waals surface area contributed by atoms with Gasteiger partial charge in [0.15, 0.2) is 0 Å². The Morgan fingerprint density at radius 3 is 2.78 bits per heavy atom. The average Bonchev–Trinajstić information content (AvgIpc) is 2.40. The van der Waals surface area contributed by atoms with E-state index in [1.54, 1.807) is 25.4 Å². The first-order valence-electron chi connectivity index (χ1n) is 5.59. The van der Waals surface area contributed by atoms with Gasteiger partial charge in [0, 0.05) is 23.6 Å². The lowest BCUT2D eigenvalue weighted by molar-refractivity contribution is 0.168. The Labute approximate surface area is 105 Å². The number of nitrogens with one attached hydrogen (secondary N) is 1. The molecular formula is C13H13N3O2. The van der Waals surface area contributed by atoms with Gasteiger partial charge in [-0.1, -0.05) is 12.1 Å². The summed E-state index contributed by atoms with van der Waals surface area (Å²) in [5, 5.41) is 2.65. The van der Waals surface area contributed by atoms with Gasteiger partial charge < -0.3 is 4.74 Å². The zero-order chi connectivity index (χ0) is 12.8. The first kappa shape index (κ1) is 12.0. The molecule has 1 heterocycles. The predicted molar refractivity (Wildman–Crippen MR) is 68.1 cm³/mol. The molecule has 2 rings (SSSR count). The summed E-state index contributed by atoms with van der Waals surface area (Å²) in [6.45, 7) is 2.11. The number of hydrogen-bond acceptors (Lipinski definition) is 4. The van der Waals surface area contributed by atoms with Crippen LogP contribution in [-0.4, -0.2) is 22.7 Å². The van der Waals surface area contributed by atoms with Crippen molar-refractivity contribution in [2.45, 2.75) is 6.92 Å². The van der Waals surface area contributed by atoms with Crippen molar-refractivity contribution < 1.29 is 9.53 Å². The third-order valence-electron chi connectivity index (χ3n) is 2.28. The zero-order valence-corrected chi connectivity index (χ0v) is 9.96. The summed E-state index contributed by atoms with van der Waals surface area (Å²) < 4.78 is 4.82. The summed E-state index contributed by atoms with van der Waals surface area (Å²) >= 11 is 0. The normalized spacial score (nSPS) is 9.83. The molecule has 1 amide bonds. The van der Waals surface area contributed by atoms with Crippen molar-refractivity contribution in [1.82, 2.24) is 9.97 Å². The molecule has 0 saturated carbocycles. The van der Waals surface area contributed by atoms with Crippen LogP contribution in [0.15, 0.2) is 43.0 Å². The average molecular weight is 243 g/mol. The third-order valence-corrected chi connectivity index (χ3v) is 2.28. The van der Waals surface area contributed by atoms with Gasteiger partial charge in [-0.15, -0.1) is 0 Å². The highest BCUT2D eigenvalue weighted by molar-refractivity contribution is 5.85. The number of anilines is 1. The van der Waals surface area contributed by atoms with E-state index in [-0.39, 0.29) is 0 Å². The van der Waals surface area contributed by atoms with Crippen LogP contribution in [0.5, 0.6) is 0 Å². The molecule has 0 spiro atoms. The number of carbonyl (C=O) groups excluding carboxylic acids is 1. The Morgan fingerprint density at radius 2 is 2.06 bits per heavy atom. The van der Waals surface area contributed by atoms with Crippen LogP contribution < -0.4 is 5.32 Å². The van der Waals surface area contributed by atoms with E-state index in [0.717, 1.165) is 11.1 Å². The maximum absolute atomic E-state index is 11.3. The molecule has 0 aliphatic carbocycles. The predicted octanol–water partition coefficient (Wildman–Crippen LogP) is 2.71. The highest BCUT2D eigenvalue weighted by atomic mass is 16.5. The van der Waals surface area contributed by atoms with Crippen LogP contribution in [0.2, 0.25) is 0 Å². The van der Waals surface area contributed by atoms with Gasteiger partial charge in [-0.25, -0.2) is 14.8 Å². The summed E-state index contributed by atoms with van der Waals surface area (Å²) in [7, 11) is 0. The fourth-order valence-electron chi connectivity index (χ4n) is 1.51. The molecule has 1 aromatic carbocycles. The fraction of sp³-hybridized carbons (Fsp3) is 0.154. The molecular weight excluding hydrogens is 230 g/mol. The standard InChI is InChI=1S/C13H13N3O2/c1-2-18-13(17)16-12-5-3-4-10(6-12)11-7-14-9-15-8-11/h3-9H,2H2,1H3,(H,16,17). The van der Waals surface area contributed by atoms with E-state index >= 15 is 0 Å². The Bertz CT molecular complexity index is 529. The molecule has 18 heavy (non-hydrogen) atoms. The summed E-state index contributed by atoms with van der Waals surface area (Å²) in [6.07, 6.45) is 4.45. The molecule has 0 aliphatic rings. The second-order valence-corrected chi connectivity index (χ2v) is 3.55. The lowest BCUT2D eigenvalue weighted by Crippen LogP contribution is -2.13. The Morgan fingerprint density at radius 1 is 1.28 bits per heavy atom. The Kier molecular flexibility index (Phi) is 3.86. The van der Waals surface area contributed by atoms with Crippen molar-refractivity contribution in [3.8, 4) is 11.1 Å². The molecule has 2 aromatic rings. The maximum Gasteiger partial charge on any atom is 0.411 e. The SMILES string of the molecule is CCOC(=O)Nc1cccc(-c2cncnc2)c1. The van der Waals surface area contributed by atoms with Crippen LogP contribution in [0.3, 0.4) is 0 Å². The van der Waals surface area contributed by atoms with Gasteiger partial charge in [0.1, 0.15) is 6.33 Å². The molecule has 0 atom stereocenters. The molecule has 92 valence electrons. The highest BCUT2D eigenvalue weighted by Gasteiger charge is 2.03. The van der Waals surface area contributed by atoms with Gasteiger partial charge in [0.05, 0.1) is 6.61 Å². The van der Waals surface area contributed by atoms with Crippen LogP contribution in [0.25, 0.3) is 11.1 Å². The summed E-state index contributed by atoms with van der Waals surface area (Å²) in [4.78, 5) is 19.2. The molecule has 0 aliphatic heterocycles. The zero-order valence-electron chi connectivity index (χ0n) is 9.96. The number of hydrogen-bond donors (Lipinski definition) is 1. The number of aromatic nitrogens is 2. The molecule has 5 nitrogen and oxygen atoms in total. The second-order valence-electron chi connectivity index (χ2n) is 3.55. The van der Waals surface area contributed by atoms with Gasteiger partial charge in [-0.3, -0.25) is 5.32 Å². The maximum atomic E-state index is 11.3. The minimum Gasteiger partial charge on any atom is -0.450 e. The van der Waals surface area contributed by atoms with Crippen molar-refractivity contribution in [2.75, 3.05) is 11.9 Å². The lowest BCUT2D eigenvalue weighted by Gasteiger charge is -2.07. The van der Waals surface area contributed by atoms with Crippen LogP contribution in [0, 0.1) is 0 Å². The quantitative estimate of drug-likeness (QED) is 0.900. The van der Waals surface area contributed by atoms with Crippen LogP contribution >= 0.6 is 0 Å². The van der Waals surface area contributed by atoms with Crippen molar-refractivity contribution in [2.24, 2.45) is 0 Å². The summed E-state index contributed by atoms with van der Waals surface area (Å²) in [6, 6.07) is 7.42. The fourth-order valence-corrected chi connectivity index (χ4v) is 1.51. The highest BCUT2D eigenvalue weighted by Crippen LogP contribution is 2.21. The molecule has 0 radical (unpaired) electrons. The van der Waals surface area contributed by atoms with Crippen molar-refractivity contribution in [3.05, 3.63) is 43.0 Å². The van der Waals surface area contributed by atoms with Crippen molar-refractivity contribution in [3.63, 3.8) is 0 Å². The number of rotatable bonds is 3. The second kappa shape index (κ2) is 5.77. The molecule has 0 fully saturated rings. The van der Waals surface area contributed by atoms with E-state index in [4.69, 9.17) is 4.74 Å². The van der Waals surface area contributed by atoms with Gasteiger partial charge in [0.2, 0.25) is 0 Å². The van der Waals surface area contributed by atoms with Crippen LogP contribution in [0.4, 0.5) is 10.5 Å². The van der Waals surface area contributed by atoms with Gasteiger partial charge in [-0.2, -0.15) is 0 Å². The van der Waals surface area contributed by atoms with E-state index in [2.05, 4.69) is 15.3 Å². The molecule has 5 heteroatoms. The van der Waals surface area contributed by atoms with E-state index in [9.17, 15) is 4.79 Å². The number of carbonyl (C=O) groups is 1. The number of ether oxygens (including phenoxy) is 1. The van der Waals surface area contributed by atoms with Gasteiger partial charge in [0.25, 0.3) is 0 Å². The van der Waals surface area contributed by atoms with E-state index in [1.165, 1.54) is 6.33 Å². The van der Waals surface area contributed by atoms with Crippen molar-refractivity contribution in [1.29, 1.82) is 0 Å². The first-order chi connectivity index (χ1) is 8.79. The Hall–Kier alpha value is -2.43. The number of nitrogens with zero attached hydrogens (tertiary/aromatic N) is 2. The minimum atomic E-state index is -0.459. The molecule has 0 unspecified atom stereocenters. The molecule has 0 saturated heterocycles. The van der Waals surface area contributed by atoms with Crippen molar-refractivity contribution >= 4 is 11.8 Å². The summed E-state index contributed by atoms with van der Waals surface area (Å²) in [5.74, 6) is 0. The minimum absolute atomic E-state index is 0.345. The van der Waals surface area contributed by atoms with E-state index in [0.29, 0.717) is 12.3 Å². The molecule has 1 aromatic heterocycles. The monoisotopic (exact) mass is 243 g/mol. The Balaban J connectivity index is 2.18. The lowest BCUT2D eigenvalue weighted by atomic mass is 10.1.